The fourth-order valence-electron chi connectivity index (χ4n) is 2.71. The lowest BCUT2D eigenvalue weighted by molar-refractivity contribution is -0.136. The molecule has 1 aliphatic rings. The Hall–Kier alpha value is -1.47. The van der Waals surface area contributed by atoms with Gasteiger partial charge in [0.15, 0.2) is 0 Å². The van der Waals surface area contributed by atoms with Gasteiger partial charge in [0, 0.05) is 27.2 Å². The van der Waals surface area contributed by atoms with E-state index in [1.54, 1.807) is 25.1 Å². The minimum Gasteiger partial charge on any atom is -0.388 e. The number of carbonyl (C=O) groups is 1. The Morgan fingerprint density at radius 1 is 1.52 bits per heavy atom. The van der Waals surface area contributed by atoms with Crippen molar-refractivity contribution in [1.82, 2.24) is 24.8 Å². The molecule has 1 N–H and O–H groups in total. The molecule has 0 bridgehead atoms. The molecule has 0 aromatic carbocycles. The van der Waals surface area contributed by atoms with Gasteiger partial charge < -0.3 is 10.0 Å². The van der Waals surface area contributed by atoms with E-state index in [0.29, 0.717) is 19.5 Å². The summed E-state index contributed by atoms with van der Waals surface area (Å²) in [5.41, 5.74) is -0.0274. The van der Waals surface area contributed by atoms with E-state index in [4.69, 9.17) is 0 Å². The van der Waals surface area contributed by atoms with Gasteiger partial charge in [-0.15, -0.1) is 0 Å². The van der Waals surface area contributed by atoms with Crippen LogP contribution in [0.5, 0.6) is 0 Å². The van der Waals surface area contributed by atoms with E-state index in [0.717, 1.165) is 25.2 Å². The topological polar surface area (TPSA) is 74.5 Å². The number of rotatable bonds is 5. The fourth-order valence-corrected chi connectivity index (χ4v) is 2.71. The van der Waals surface area contributed by atoms with Crippen LogP contribution in [0.25, 0.3) is 0 Å². The number of hydrogen-bond donors (Lipinski definition) is 1. The van der Waals surface area contributed by atoms with Crippen molar-refractivity contribution in [1.29, 1.82) is 0 Å². The number of piperidine rings is 1. The van der Waals surface area contributed by atoms with Gasteiger partial charge in [-0.05, 0) is 26.3 Å². The molecular weight excluding hydrogens is 270 g/mol. The number of aliphatic hydroxyl groups is 1. The van der Waals surface area contributed by atoms with Crippen molar-refractivity contribution in [2.75, 3.05) is 27.2 Å². The summed E-state index contributed by atoms with van der Waals surface area (Å²) in [4.78, 5) is 17.2. The second-order valence-corrected chi connectivity index (χ2v) is 6.03. The molecular formula is C14H25N5O2. The highest BCUT2D eigenvalue weighted by atomic mass is 16.3. The first-order valence-electron chi connectivity index (χ1n) is 7.46. The average Bonchev–Trinajstić information content (AvgIpc) is 2.85. The molecule has 0 spiro atoms. The van der Waals surface area contributed by atoms with E-state index in [2.05, 4.69) is 15.1 Å². The van der Waals surface area contributed by atoms with Crippen molar-refractivity contribution in [2.24, 2.45) is 0 Å². The molecule has 7 heteroatoms. The number of amides is 1. The number of likely N-dealkylation sites (tertiary alicyclic amines) is 1. The summed E-state index contributed by atoms with van der Waals surface area (Å²) in [5, 5.41) is 19.2. The van der Waals surface area contributed by atoms with E-state index in [-0.39, 0.29) is 12.3 Å². The molecule has 1 unspecified atom stereocenters. The highest BCUT2D eigenvalue weighted by molar-refractivity contribution is 5.76. The summed E-state index contributed by atoms with van der Waals surface area (Å²) in [6.07, 6.45) is 3.50. The van der Waals surface area contributed by atoms with Gasteiger partial charge in [-0.1, -0.05) is 0 Å². The van der Waals surface area contributed by atoms with Crippen LogP contribution in [-0.4, -0.2) is 68.6 Å². The normalized spacial score (nSPS) is 23.2. The molecule has 1 atom stereocenters. The van der Waals surface area contributed by atoms with Crippen LogP contribution in [0.4, 0.5) is 0 Å². The van der Waals surface area contributed by atoms with Crippen molar-refractivity contribution in [3.63, 3.8) is 0 Å². The second-order valence-electron chi connectivity index (χ2n) is 6.03. The zero-order valence-electron chi connectivity index (χ0n) is 13.1. The van der Waals surface area contributed by atoms with E-state index in [9.17, 15) is 9.90 Å². The van der Waals surface area contributed by atoms with Crippen molar-refractivity contribution in [2.45, 2.75) is 44.9 Å². The van der Waals surface area contributed by atoms with Gasteiger partial charge in [-0.2, -0.15) is 15.0 Å². The minimum absolute atomic E-state index is 0.0312. The number of hydrogen-bond acceptors (Lipinski definition) is 5. The summed E-state index contributed by atoms with van der Waals surface area (Å²) in [7, 11) is 3.44. The quantitative estimate of drug-likeness (QED) is 0.834. The Bertz CT molecular complexity index is 487. The first kappa shape index (κ1) is 15.9. The highest BCUT2D eigenvalue weighted by Gasteiger charge is 2.35. The maximum atomic E-state index is 11.8. The monoisotopic (exact) mass is 295 g/mol. The Morgan fingerprint density at radius 2 is 2.29 bits per heavy atom. The highest BCUT2D eigenvalue weighted by Crippen LogP contribution is 2.25. The molecule has 118 valence electrons. The lowest BCUT2D eigenvalue weighted by atomic mass is 9.89. The third-order valence-electron chi connectivity index (χ3n) is 3.87. The van der Waals surface area contributed by atoms with E-state index in [1.165, 1.54) is 4.90 Å². The van der Waals surface area contributed by atoms with Gasteiger partial charge in [0.2, 0.25) is 5.91 Å². The Labute approximate surface area is 125 Å². The van der Waals surface area contributed by atoms with Crippen LogP contribution >= 0.6 is 0 Å². The second kappa shape index (κ2) is 6.53. The zero-order valence-corrected chi connectivity index (χ0v) is 13.1. The van der Waals surface area contributed by atoms with Gasteiger partial charge >= 0.3 is 0 Å². The summed E-state index contributed by atoms with van der Waals surface area (Å²) in [6, 6.07) is 0. The van der Waals surface area contributed by atoms with Crippen molar-refractivity contribution in [3.05, 3.63) is 11.9 Å². The summed E-state index contributed by atoms with van der Waals surface area (Å²) in [5.74, 6) is -0.0312. The smallest absolute Gasteiger partial charge is 0.224 e. The van der Waals surface area contributed by atoms with Crippen LogP contribution in [-0.2, 0) is 17.9 Å². The van der Waals surface area contributed by atoms with Gasteiger partial charge in [-0.25, -0.2) is 0 Å². The SMILES string of the molecule is CCn1ncc(CN2CCCC(O)(CC(=O)N(C)C)C2)n1. The molecule has 2 rings (SSSR count). The van der Waals surface area contributed by atoms with Crippen molar-refractivity contribution >= 4 is 5.91 Å². The lowest BCUT2D eigenvalue weighted by Crippen LogP contribution is -2.50. The van der Waals surface area contributed by atoms with Crippen molar-refractivity contribution in [3.8, 4) is 0 Å². The fraction of sp³-hybridized carbons (Fsp3) is 0.786. The summed E-state index contributed by atoms with van der Waals surface area (Å²) < 4.78 is 0. The summed E-state index contributed by atoms with van der Waals surface area (Å²) in [6.45, 7) is 4.83. The molecule has 21 heavy (non-hydrogen) atoms. The largest absolute Gasteiger partial charge is 0.388 e. The maximum absolute atomic E-state index is 11.8. The number of aryl methyl sites for hydroxylation is 1. The van der Waals surface area contributed by atoms with Crippen LogP contribution < -0.4 is 0 Å². The molecule has 7 nitrogen and oxygen atoms in total. The lowest BCUT2D eigenvalue weighted by Gasteiger charge is -2.39. The third kappa shape index (κ3) is 4.25. The molecule has 0 saturated carbocycles. The molecule has 1 aromatic rings. The summed E-state index contributed by atoms with van der Waals surface area (Å²) >= 11 is 0. The molecule has 2 heterocycles. The van der Waals surface area contributed by atoms with Crippen LogP contribution in [0, 0.1) is 0 Å². The average molecular weight is 295 g/mol. The molecule has 1 amide bonds. The number of carbonyl (C=O) groups excluding carboxylic acids is 1. The van der Waals surface area contributed by atoms with Gasteiger partial charge in [0.25, 0.3) is 0 Å². The Kier molecular flexibility index (Phi) is 4.95. The van der Waals surface area contributed by atoms with Gasteiger partial charge in [0.1, 0.15) is 0 Å². The van der Waals surface area contributed by atoms with Gasteiger partial charge in [0.05, 0.1) is 30.5 Å². The zero-order chi connectivity index (χ0) is 15.5. The van der Waals surface area contributed by atoms with Gasteiger partial charge in [-0.3, -0.25) is 9.69 Å². The Balaban J connectivity index is 1.94. The minimum atomic E-state index is -0.930. The van der Waals surface area contributed by atoms with E-state index < -0.39 is 5.60 Å². The maximum Gasteiger partial charge on any atom is 0.224 e. The number of nitrogens with zero attached hydrogens (tertiary/aromatic N) is 5. The first-order chi connectivity index (χ1) is 9.92. The molecule has 1 aromatic heterocycles. The van der Waals surface area contributed by atoms with E-state index >= 15 is 0 Å². The van der Waals surface area contributed by atoms with Crippen LogP contribution in [0.1, 0.15) is 31.9 Å². The molecule has 1 aliphatic heterocycles. The Morgan fingerprint density at radius 3 is 2.90 bits per heavy atom. The van der Waals surface area contributed by atoms with Crippen LogP contribution in [0.3, 0.4) is 0 Å². The third-order valence-corrected chi connectivity index (χ3v) is 3.87. The van der Waals surface area contributed by atoms with Crippen LogP contribution in [0.2, 0.25) is 0 Å². The number of aromatic nitrogens is 3. The first-order valence-corrected chi connectivity index (χ1v) is 7.46. The van der Waals surface area contributed by atoms with E-state index in [1.807, 2.05) is 6.92 Å². The molecule has 1 saturated heterocycles. The molecule has 0 radical (unpaired) electrons. The molecule has 1 fully saturated rings. The standard InChI is InChI=1S/C14H25N5O2/c1-4-19-15-9-12(16-19)10-18-7-5-6-14(21,11-18)8-13(20)17(2)3/h9,21H,4-8,10-11H2,1-3H3. The predicted octanol–water partition coefficient (Wildman–Crippen LogP) is 0.103. The van der Waals surface area contributed by atoms with Crippen molar-refractivity contribution < 1.29 is 9.90 Å². The van der Waals surface area contributed by atoms with Crippen LogP contribution in [0.15, 0.2) is 6.20 Å². The molecule has 0 aliphatic carbocycles. The predicted molar refractivity (Wildman–Crippen MR) is 78.5 cm³/mol. The number of β-amino-alcohol motifs (C(OH)–C–C–N with tert-alkyl or cyclic N) is 1.